The highest BCUT2D eigenvalue weighted by Gasteiger charge is 2.14. The number of hydrogen-bond acceptors (Lipinski definition) is 3. The van der Waals surface area contributed by atoms with Crippen molar-refractivity contribution in [3.8, 4) is 0 Å². The summed E-state index contributed by atoms with van der Waals surface area (Å²) in [6, 6.07) is 12.6. The minimum absolute atomic E-state index is 0.0928. The zero-order valence-electron chi connectivity index (χ0n) is 14.0. The van der Waals surface area contributed by atoms with Crippen molar-refractivity contribution in [3.63, 3.8) is 0 Å². The lowest BCUT2D eigenvalue weighted by atomic mass is 10.1. The fourth-order valence-electron chi connectivity index (χ4n) is 2.73. The Morgan fingerprint density at radius 3 is 2.80 bits per heavy atom. The number of hydrogen-bond donors (Lipinski definition) is 1. The molecule has 0 saturated heterocycles. The van der Waals surface area contributed by atoms with Gasteiger partial charge in [-0.05, 0) is 37.6 Å². The van der Waals surface area contributed by atoms with Crippen molar-refractivity contribution in [2.45, 2.75) is 26.4 Å². The SMILES string of the molecule is Cc1ccc2ncn(CC(=O)NC(C)c3ccccc3Cl)c(=O)c2c1. The highest BCUT2D eigenvalue weighted by atomic mass is 35.5. The number of halogens is 1. The molecule has 1 amide bonds. The molecule has 1 N–H and O–H groups in total. The molecule has 1 aromatic heterocycles. The van der Waals surface area contributed by atoms with E-state index >= 15 is 0 Å². The normalized spacial score (nSPS) is 12.1. The van der Waals surface area contributed by atoms with E-state index in [1.54, 1.807) is 18.2 Å². The summed E-state index contributed by atoms with van der Waals surface area (Å²) in [5, 5.41) is 3.96. The number of rotatable bonds is 4. The van der Waals surface area contributed by atoms with Gasteiger partial charge in [0.2, 0.25) is 5.91 Å². The van der Waals surface area contributed by atoms with Gasteiger partial charge in [0.25, 0.3) is 5.56 Å². The lowest BCUT2D eigenvalue weighted by Crippen LogP contribution is -2.34. The van der Waals surface area contributed by atoms with Gasteiger partial charge in [0.15, 0.2) is 0 Å². The summed E-state index contributed by atoms with van der Waals surface area (Å²) in [7, 11) is 0. The van der Waals surface area contributed by atoms with Crippen LogP contribution in [0.5, 0.6) is 0 Å². The average Bonchev–Trinajstić information content (AvgIpc) is 2.58. The van der Waals surface area contributed by atoms with E-state index in [0.29, 0.717) is 15.9 Å². The van der Waals surface area contributed by atoms with E-state index in [1.807, 2.05) is 38.1 Å². The van der Waals surface area contributed by atoms with Crippen LogP contribution in [0, 0.1) is 6.92 Å². The van der Waals surface area contributed by atoms with Crippen molar-refractivity contribution in [3.05, 3.63) is 75.3 Å². The number of amides is 1. The number of benzene rings is 2. The van der Waals surface area contributed by atoms with E-state index in [9.17, 15) is 9.59 Å². The molecule has 3 rings (SSSR count). The van der Waals surface area contributed by atoms with Gasteiger partial charge in [0.1, 0.15) is 6.54 Å². The highest BCUT2D eigenvalue weighted by Crippen LogP contribution is 2.22. The second-order valence-corrected chi connectivity index (χ2v) is 6.42. The quantitative estimate of drug-likeness (QED) is 0.781. The van der Waals surface area contributed by atoms with Gasteiger partial charge in [-0.3, -0.25) is 14.2 Å². The van der Waals surface area contributed by atoms with Crippen LogP contribution in [-0.2, 0) is 11.3 Å². The first-order chi connectivity index (χ1) is 12.0. The second-order valence-electron chi connectivity index (χ2n) is 6.01. The molecule has 0 saturated carbocycles. The summed E-state index contributed by atoms with van der Waals surface area (Å²) in [6.07, 6.45) is 1.40. The van der Waals surface area contributed by atoms with Crippen LogP contribution >= 0.6 is 11.6 Å². The van der Waals surface area contributed by atoms with Gasteiger partial charge in [-0.15, -0.1) is 0 Å². The maximum Gasteiger partial charge on any atom is 0.261 e. The molecule has 1 atom stereocenters. The van der Waals surface area contributed by atoms with Crippen LogP contribution in [0.15, 0.2) is 53.6 Å². The minimum atomic E-state index is -0.275. The Bertz CT molecular complexity index is 997. The van der Waals surface area contributed by atoms with Crippen LogP contribution < -0.4 is 10.9 Å². The van der Waals surface area contributed by atoms with Crippen LogP contribution in [-0.4, -0.2) is 15.5 Å². The van der Waals surface area contributed by atoms with Crippen molar-refractivity contribution in [1.82, 2.24) is 14.9 Å². The van der Waals surface area contributed by atoms with E-state index < -0.39 is 0 Å². The maximum atomic E-state index is 12.5. The monoisotopic (exact) mass is 355 g/mol. The number of carbonyl (C=O) groups is 1. The van der Waals surface area contributed by atoms with E-state index in [0.717, 1.165) is 11.1 Å². The third kappa shape index (κ3) is 3.72. The van der Waals surface area contributed by atoms with Crippen LogP contribution in [0.25, 0.3) is 10.9 Å². The lowest BCUT2D eigenvalue weighted by molar-refractivity contribution is -0.122. The number of aryl methyl sites for hydroxylation is 1. The predicted molar refractivity (Wildman–Crippen MR) is 98.7 cm³/mol. The molecule has 0 fully saturated rings. The molecule has 0 spiro atoms. The Labute approximate surface area is 150 Å². The number of carbonyl (C=O) groups excluding carboxylic acids is 1. The third-order valence-corrected chi connectivity index (χ3v) is 4.39. The van der Waals surface area contributed by atoms with E-state index in [4.69, 9.17) is 11.6 Å². The molecular formula is C19H18ClN3O2. The minimum Gasteiger partial charge on any atom is -0.348 e. The predicted octanol–water partition coefficient (Wildman–Crippen LogP) is 3.24. The largest absolute Gasteiger partial charge is 0.348 e. The molecule has 0 radical (unpaired) electrons. The molecule has 2 aromatic carbocycles. The van der Waals surface area contributed by atoms with Gasteiger partial charge in [0.05, 0.1) is 23.3 Å². The standard InChI is InChI=1S/C19H18ClN3O2/c1-12-7-8-17-15(9-12)19(25)23(11-21-17)10-18(24)22-13(2)14-5-3-4-6-16(14)20/h3-9,11,13H,10H2,1-2H3,(H,22,24). The molecule has 6 heteroatoms. The second kappa shape index (κ2) is 7.07. The van der Waals surface area contributed by atoms with Crippen molar-refractivity contribution in [1.29, 1.82) is 0 Å². The number of nitrogens with one attached hydrogen (secondary N) is 1. The van der Waals surface area contributed by atoms with Crippen molar-refractivity contribution in [2.75, 3.05) is 0 Å². The van der Waals surface area contributed by atoms with Gasteiger partial charge in [0, 0.05) is 5.02 Å². The van der Waals surface area contributed by atoms with E-state index in [2.05, 4.69) is 10.3 Å². The average molecular weight is 356 g/mol. The van der Waals surface area contributed by atoms with E-state index in [-0.39, 0.29) is 24.1 Å². The summed E-state index contributed by atoms with van der Waals surface area (Å²) in [4.78, 5) is 29.1. The number of aromatic nitrogens is 2. The molecule has 0 aliphatic carbocycles. The van der Waals surface area contributed by atoms with Crippen LogP contribution in [0.2, 0.25) is 5.02 Å². The fraction of sp³-hybridized carbons (Fsp3) is 0.211. The van der Waals surface area contributed by atoms with Gasteiger partial charge < -0.3 is 5.32 Å². The summed E-state index contributed by atoms with van der Waals surface area (Å²) < 4.78 is 1.32. The Morgan fingerprint density at radius 2 is 2.04 bits per heavy atom. The molecule has 1 heterocycles. The highest BCUT2D eigenvalue weighted by molar-refractivity contribution is 6.31. The first-order valence-electron chi connectivity index (χ1n) is 7.95. The molecule has 0 aliphatic heterocycles. The van der Waals surface area contributed by atoms with Crippen molar-refractivity contribution >= 4 is 28.4 Å². The van der Waals surface area contributed by atoms with Crippen LogP contribution in [0.1, 0.15) is 24.1 Å². The van der Waals surface area contributed by atoms with Crippen molar-refractivity contribution in [2.24, 2.45) is 0 Å². The topological polar surface area (TPSA) is 64.0 Å². The van der Waals surface area contributed by atoms with Crippen LogP contribution in [0.3, 0.4) is 0 Å². The first-order valence-corrected chi connectivity index (χ1v) is 8.33. The zero-order valence-corrected chi connectivity index (χ0v) is 14.7. The van der Waals surface area contributed by atoms with Crippen molar-refractivity contribution < 1.29 is 4.79 Å². The molecule has 0 aliphatic rings. The molecule has 0 bridgehead atoms. The maximum absolute atomic E-state index is 12.5. The summed E-state index contributed by atoms with van der Waals surface area (Å²) in [5.74, 6) is -0.275. The molecule has 5 nitrogen and oxygen atoms in total. The summed E-state index contributed by atoms with van der Waals surface area (Å²) in [5.41, 5.74) is 2.20. The first kappa shape index (κ1) is 17.2. The third-order valence-electron chi connectivity index (χ3n) is 4.04. The van der Waals surface area contributed by atoms with E-state index in [1.165, 1.54) is 10.9 Å². The fourth-order valence-corrected chi connectivity index (χ4v) is 3.03. The lowest BCUT2D eigenvalue weighted by Gasteiger charge is -2.16. The molecular weight excluding hydrogens is 338 g/mol. The van der Waals surface area contributed by atoms with Gasteiger partial charge >= 0.3 is 0 Å². The zero-order chi connectivity index (χ0) is 18.0. The molecule has 128 valence electrons. The Hall–Kier alpha value is -2.66. The molecule has 3 aromatic rings. The molecule has 1 unspecified atom stereocenters. The smallest absolute Gasteiger partial charge is 0.261 e. The molecule has 25 heavy (non-hydrogen) atoms. The Kier molecular flexibility index (Phi) is 4.86. The summed E-state index contributed by atoms with van der Waals surface area (Å²) in [6.45, 7) is 3.67. The number of fused-ring (bicyclic) bond motifs is 1. The number of nitrogens with zero attached hydrogens (tertiary/aromatic N) is 2. The van der Waals surface area contributed by atoms with Gasteiger partial charge in [-0.1, -0.05) is 41.4 Å². The Balaban J connectivity index is 1.79. The summed E-state index contributed by atoms with van der Waals surface area (Å²) >= 11 is 6.15. The van der Waals surface area contributed by atoms with Gasteiger partial charge in [-0.2, -0.15) is 0 Å². The van der Waals surface area contributed by atoms with Gasteiger partial charge in [-0.25, -0.2) is 4.98 Å². The Morgan fingerprint density at radius 1 is 1.28 bits per heavy atom. The van der Waals surface area contributed by atoms with Crippen LogP contribution in [0.4, 0.5) is 0 Å².